The molecule has 0 aliphatic rings. The van der Waals surface area contributed by atoms with Gasteiger partial charge >= 0.3 is 0 Å². The molecule has 0 aliphatic heterocycles. The van der Waals surface area contributed by atoms with E-state index in [2.05, 4.69) is 0 Å². The van der Waals surface area contributed by atoms with Gasteiger partial charge in [-0.1, -0.05) is 0 Å². The summed E-state index contributed by atoms with van der Waals surface area (Å²) in [5.74, 6) is 0.0309. The van der Waals surface area contributed by atoms with E-state index in [1.165, 1.54) is 6.92 Å². The molecule has 0 amide bonds. The molecular weight excluding hydrogens is 218 g/mol. The molecule has 0 saturated heterocycles. The minimum atomic E-state index is -1.14. The van der Waals surface area contributed by atoms with Gasteiger partial charge in [-0.05, 0) is 6.92 Å². The van der Waals surface area contributed by atoms with Gasteiger partial charge in [-0.3, -0.25) is 0 Å². The van der Waals surface area contributed by atoms with Gasteiger partial charge < -0.3 is 5.11 Å². The van der Waals surface area contributed by atoms with E-state index in [9.17, 15) is 0 Å². The number of halogens is 4. The van der Waals surface area contributed by atoms with Gasteiger partial charge in [0.05, 0.1) is 11.5 Å². The molecule has 0 saturated carbocycles. The quantitative estimate of drug-likeness (QED) is 0.732. The van der Waals surface area contributed by atoms with E-state index in [4.69, 9.17) is 51.5 Å². The maximum Gasteiger partial charge on any atom is 0.134 e. The molecule has 0 rings (SSSR count). The largest absolute Gasteiger partial charge is 0.390 e. The Morgan fingerprint density at radius 2 is 1.90 bits per heavy atom. The number of aliphatic hydroxyl groups excluding tert-OH is 1. The van der Waals surface area contributed by atoms with Crippen molar-refractivity contribution in [2.75, 3.05) is 5.88 Å². The maximum atomic E-state index is 9.03. The number of rotatable bonds is 3. The average molecular weight is 226 g/mol. The van der Waals surface area contributed by atoms with Crippen LogP contribution in [0.2, 0.25) is 0 Å². The van der Waals surface area contributed by atoms with E-state index in [1.54, 1.807) is 0 Å². The lowest BCUT2D eigenvalue weighted by molar-refractivity contribution is 0.188. The van der Waals surface area contributed by atoms with Gasteiger partial charge in [0, 0.05) is 5.88 Å². The maximum absolute atomic E-state index is 9.03. The lowest BCUT2D eigenvalue weighted by Gasteiger charge is -2.23. The molecule has 0 aromatic carbocycles. The molecule has 0 bridgehead atoms. The molecule has 0 aromatic heterocycles. The summed E-state index contributed by atoms with van der Waals surface area (Å²) in [5, 5.41) is 8.29. The summed E-state index contributed by atoms with van der Waals surface area (Å²) in [6.07, 6.45) is -0.872. The second-order valence-electron chi connectivity index (χ2n) is 2.08. The second kappa shape index (κ2) is 4.22. The first-order valence-corrected chi connectivity index (χ1v) is 4.38. The molecule has 0 aromatic rings. The topological polar surface area (TPSA) is 20.2 Å². The zero-order chi connectivity index (χ0) is 8.36. The Hall–Kier alpha value is 1.12. The minimum Gasteiger partial charge on any atom is -0.390 e. The molecule has 0 fully saturated rings. The third-order valence-electron chi connectivity index (χ3n) is 0.980. The highest BCUT2D eigenvalue weighted by molar-refractivity contribution is 6.52. The molecule has 1 nitrogen and oxygen atoms in total. The van der Waals surface area contributed by atoms with Crippen molar-refractivity contribution in [3.8, 4) is 0 Å². The predicted molar refractivity (Wildman–Crippen MR) is 46.5 cm³/mol. The molecule has 62 valence electrons. The predicted octanol–water partition coefficient (Wildman–Crippen LogP) is 2.39. The molecule has 10 heavy (non-hydrogen) atoms. The highest BCUT2D eigenvalue weighted by Crippen LogP contribution is 2.30. The van der Waals surface area contributed by atoms with E-state index >= 15 is 0 Å². The van der Waals surface area contributed by atoms with Gasteiger partial charge in [-0.25, -0.2) is 0 Å². The fourth-order valence-corrected chi connectivity index (χ4v) is 1.07. The average Bonchev–Trinajstić information content (AvgIpc) is 1.83. The van der Waals surface area contributed by atoms with Crippen LogP contribution in [0.15, 0.2) is 0 Å². The van der Waals surface area contributed by atoms with Gasteiger partial charge in [0.2, 0.25) is 0 Å². The highest BCUT2D eigenvalue weighted by atomic mass is 35.5. The standard InChI is InChI=1S/C5H8Cl4O/c1-5(8,9)4(7)3(10)2-6/h3-4,10H,2H2,1H3. The molecule has 2 atom stereocenters. The molecule has 0 heterocycles. The van der Waals surface area contributed by atoms with E-state index in [0.29, 0.717) is 0 Å². The fraction of sp³-hybridized carbons (Fsp3) is 1.00. The van der Waals surface area contributed by atoms with Crippen molar-refractivity contribution in [3.63, 3.8) is 0 Å². The highest BCUT2D eigenvalue weighted by Gasteiger charge is 2.33. The summed E-state index contributed by atoms with van der Waals surface area (Å²) >= 11 is 22.1. The second-order valence-corrected chi connectivity index (χ2v) is 4.62. The van der Waals surface area contributed by atoms with Crippen LogP contribution in [0.4, 0.5) is 0 Å². The van der Waals surface area contributed by atoms with Gasteiger partial charge in [0.25, 0.3) is 0 Å². The van der Waals surface area contributed by atoms with Crippen molar-refractivity contribution in [2.45, 2.75) is 22.7 Å². The van der Waals surface area contributed by atoms with Crippen LogP contribution in [0.1, 0.15) is 6.92 Å². The van der Waals surface area contributed by atoms with Gasteiger partial charge in [-0.2, -0.15) is 0 Å². The van der Waals surface area contributed by atoms with Gasteiger partial charge in [0.1, 0.15) is 4.33 Å². The first-order valence-electron chi connectivity index (χ1n) is 2.65. The summed E-state index contributed by atoms with van der Waals surface area (Å²) in [4.78, 5) is 0. The lowest BCUT2D eigenvalue weighted by Crippen LogP contribution is -2.35. The van der Waals surface area contributed by atoms with Crippen molar-refractivity contribution in [3.05, 3.63) is 0 Å². The molecular formula is C5H8Cl4O. The minimum absolute atomic E-state index is 0.0309. The van der Waals surface area contributed by atoms with Crippen LogP contribution in [-0.2, 0) is 0 Å². The van der Waals surface area contributed by atoms with E-state index in [0.717, 1.165) is 0 Å². The normalized spacial score (nSPS) is 18.6. The molecule has 0 aliphatic carbocycles. The molecule has 5 heteroatoms. The van der Waals surface area contributed by atoms with Crippen molar-refractivity contribution < 1.29 is 5.11 Å². The van der Waals surface area contributed by atoms with E-state index < -0.39 is 15.8 Å². The van der Waals surface area contributed by atoms with Gasteiger partial charge in [-0.15, -0.1) is 46.4 Å². The molecule has 1 N–H and O–H groups in total. The SMILES string of the molecule is CC(Cl)(Cl)C(Cl)C(O)CCl. The summed E-state index contributed by atoms with van der Waals surface area (Å²) in [7, 11) is 0. The monoisotopic (exact) mass is 224 g/mol. The zero-order valence-corrected chi connectivity index (χ0v) is 8.34. The van der Waals surface area contributed by atoms with E-state index in [-0.39, 0.29) is 5.88 Å². The Balaban J connectivity index is 3.94. The number of alkyl halides is 4. The molecule has 0 radical (unpaired) electrons. The van der Waals surface area contributed by atoms with Crippen LogP contribution in [0.5, 0.6) is 0 Å². The fourth-order valence-electron chi connectivity index (χ4n) is 0.416. The van der Waals surface area contributed by atoms with Crippen molar-refractivity contribution in [1.29, 1.82) is 0 Å². The Morgan fingerprint density at radius 3 is 2.00 bits per heavy atom. The Bertz CT molecular complexity index is 100. The Labute approximate surface area is 80.2 Å². The Morgan fingerprint density at radius 1 is 1.50 bits per heavy atom. The van der Waals surface area contributed by atoms with Crippen molar-refractivity contribution in [2.24, 2.45) is 0 Å². The summed E-state index contributed by atoms with van der Waals surface area (Å²) in [6.45, 7) is 1.50. The van der Waals surface area contributed by atoms with Crippen molar-refractivity contribution in [1.82, 2.24) is 0 Å². The molecule has 2 unspecified atom stereocenters. The van der Waals surface area contributed by atoms with E-state index in [1.807, 2.05) is 0 Å². The number of hydrogen-bond acceptors (Lipinski definition) is 1. The van der Waals surface area contributed by atoms with Crippen molar-refractivity contribution >= 4 is 46.4 Å². The van der Waals surface area contributed by atoms with Crippen LogP contribution in [0, 0.1) is 0 Å². The Kier molecular flexibility index (Phi) is 4.69. The van der Waals surface area contributed by atoms with Crippen LogP contribution < -0.4 is 0 Å². The third kappa shape index (κ3) is 3.49. The van der Waals surface area contributed by atoms with Crippen LogP contribution in [-0.4, -0.2) is 26.8 Å². The lowest BCUT2D eigenvalue weighted by atomic mass is 10.2. The first-order chi connectivity index (χ1) is 4.39. The molecule has 0 spiro atoms. The number of hydrogen-bond donors (Lipinski definition) is 1. The smallest absolute Gasteiger partial charge is 0.134 e. The van der Waals surface area contributed by atoms with Crippen LogP contribution in [0.3, 0.4) is 0 Å². The summed E-state index contributed by atoms with van der Waals surface area (Å²) in [6, 6.07) is 0. The summed E-state index contributed by atoms with van der Waals surface area (Å²) in [5.41, 5.74) is 0. The van der Waals surface area contributed by atoms with Crippen LogP contribution >= 0.6 is 46.4 Å². The third-order valence-corrected chi connectivity index (χ3v) is 2.72. The first kappa shape index (κ1) is 11.1. The van der Waals surface area contributed by atoms with Gasteiger partial charge in [0.15, 0.2) is 0 Å². The summed E-state index contributed by atoms with van der Waals surface area (Å²) < 4.78 is -1.14. The number of aliphatic hydroxyl groups is 1. The zero-order valence-electron chi connectivity index (χ0n) is 5.32. The van der Waals surface area contributed by atoms with Crippen LogP contribution in [0.25, 0.3) is 0 Å².